The van der Waals surface area contributed by atoms with E-state index in [4.69, 9.17) is 15.0 Å². The van der Waals surface area contributed by atoms with Gasteiger partial charge in [-0.25, -0.2) is 15.0 Å². The van der Waals surface area contributed by atoms with E-state index in [1.807, 2.05) is 36.4 Å². The van der Waals surface area contributed by atoms with Gasteiger partial charge < -0.3 is 4.57 Å². The van der Waals surface area contributed by atoms with E-state index in [-0.39, 0.29) is 0 Å². The molecule has 9 rings (SSSR count). The summed E-state index contributed by atoms with van der Waals surface area (Å²) in [5.41, 5.74) is 10.8. The minimum Gasteiger partial charge on any atom is -0.309 e. The lowest BCUT2D eigenvalue weighted by molar-refractivity contribution is 1.07. The van der Waals surface area contributed by atoms with Gasteiger partial charge in [-0.15, -0.1) is 0 Å². The van der Waals surface area contributed by atoms with Crippen LogP contribution in [0.5, 0.6) is 0 Å². The van der Waals surface area contributed by atoms with E-state index in [0.717, 1.165) is 39.0 Å². The molecule has 7 aromatic carbocycles. The van der Waals surface area contributed by atoms with Crippen LogP contribution in [-0.2, 0) is 0 Å². The van der Waals surface area contributed by atoms with E-state index < -0.39 is 0 Å². The van der Waals surface area contributed by atoms with Crippen molar-refractivity contribution in [3.63, 3.8) is 0 Å². The molecule has 4 heteroatoms. The topological polar surface area (TPSA) is 43.6 Å². The molecule has 0 bridgehead atoms. The third-order valence-corrected chi connectivity index (χ3v) is 9.06. The molecule has 0 aliphatic heterocycles. The quantitative estimate of drug-likeness (QED) is 0.184. The second-order valence-electron chi connectivity index (χ2n) is 12.1. The predicted octanol–water partition coefficient (Wildman–Crippen LogP) is 11.3. The Hall–Kier alpha value is -6.65. The highest BCUT2D eigenvalue weighted by Gasteiger charge is 2.17. The average Bonchev–Trinajstić information content (AvgIpc) is 3.52. The third-order valence-electron chi connectivity index (χ3n) is 9.06. The van der Waals surface area contributed by atoms with E-state index in [9.17, 15) is 0 Å². The van der Waals surface area contributed by atoms with Crippen molar-refractivity contribution in [1.29, 1.82) is 0 Å². The highest BCUT2D eigenvalue weighted by molar-refractivity contribution is 6.10. The third kappa shape index (κ3) is 5.35. The Bertz CT molecular complexity index is 2570. The lowest BCUT2D eigenvalue weighted by atomic mass is 10.0. The summed E-state index contributed by atoms with van der Waals surface area (Å²) in [4.78, 5) is 15.1. The van der Waals surface area contributed by atoms with Crippen LogP contribution >= 0.6 is 0 Å². The Kier molecular flexibility index (Phi) is 7.10. The summed E-state index contributed by atoms with van der Waals surface area (Å²) in [6, 6.07) is 63.4. The van der Waals surface area contributed by atoms with E-state index in [1.165, 1.54) is 27.5 Å². The van der Waals surface area contributed by atoms with Crippen LogP contribution < -0.4 is 0 Å². The minimum absolute atomic E-state index is 0.632. The second kappa shape index (κ2) is 12.2. The largest absolute Gasteiger partial charge is 0.309 e. The SMILES string of the molecule is c1ccc(-c2ccc(-c3nc(-c4ccccc4)nc(-c4ccc5c6ccccc6n(-c6cccc(-c7ccccc7)c6)c5c4)n3)cc2)cc1. The standard InChI is InChI=1S/C45H30N4/c1-4-13-31(14-5-1)33-23-25-35(26-24-33)44-46-43(34-17-8-3-9-18-34)47-45(48-44)37-27-28-40-39-21-10-11-22-41(39)49(42(40)30-37)38-20-12-19-36(29-38)32-15-6-2-7-16-32/h1-30H. The summed E-state index contributed by atoms with van der Waals surface area (Å²) in [6.45, 7) is 0. The Morgan fingerprint density at radius 2 is 0.735 bits per heavy atom. The van der Waals surface area contributed by atoms with Crippen LogP contribution in [0, 0.1) is 0 Å². The molecule has 0 atom stereocenters. The normalized spacial score (nSPS) is 11.3. The molecule has 0 unspecified atom stereocenters. The van der Waals surface area contributed by atoms with Crippen LogP contribution in [0.1, 0.15) is 0 Å². The van der Waals surface area contributed by atoms with Gasteiger partial charge in [0.2, 0.25) is 0 Å². The fraction of sp³-hybridized carbons (Fsp3) is 0. The summed E-state index contributed by atoms with van der Waals surface area (Å²) in [7, 11) is 0. The molecular weight excluding hydrogens is 597 g/mol. The summed E-state index contributed by atoms with van der Waals surface area (Å²) in [5, 5.41) is 2.38. The summed E-state index contributed by atoms with van der Waals surface area (Å²) in [6.07, 6.45) is 0. The summed E-state index contributed by atoms with van der Waals surface area (Å²) < 4.78 is 2.35. The Balaban J connectivity index is 1.21. The zero-order chi connectivity index (χ0) is 32.6. The maximum absolute atomic E-state index is 5.09. The van der Waals surface area contributed by atoms with E-state index in [0.29, 0.717) is 17.5 Å². The molecule has 0 fully saturated rings. The number of hydrogen-bond donors (Lipinski definition) is 0. The number of nitrogens with zero attached hydrogens (tertiary/aromatic N) is 4. The fourth-order valence-electron chi connectivity index (χ4n) is 6.64. The molecule has 4 nitrogen and oxygen atoms in total. The zero-order valence-electron chi connectivity index (χ0n) is 26.6. The molecule has 230 valence electrons. The van der Waals surface area contributed by atoms with Gasteiger partial charge in [0.15, 0.2) is 17.5 Å². The van der Waals surface area contributed by atoms with Crippen LogP contribution in [0.2, 0.25) is 0 Å². The van der Waals surface area contributed by atoms with Gasteiger partial charge in [0.1, 0.15) is 0 Å². The van der Waals surface area contributed by atoms with Crippen LogP contribution in [0.15, 0.2) is 182 Å². The number of benzene rings is 7. The lowest BCUT2D eigenvalue weighted by Gasteiger charge is -2.12. The smallest absolute Gasteiger partial charge is 0.164 e. The lowest BCUT2D eigenvalue weighted by Crippen LogP contribution is -2.00. The van der Waals surface area contributed by atoms with Crippen LogP contribution in [-0.4, -0.2) is 19.5 Å². The first kappa shape index (κ1) is 28.6. The number of rotatable bonds is 6. The minimum atomic E-state index is 0.632. The van der Waals surface area contributed by atoms with E-state index >= 15 is 0 Å². The van der Waals surface area contributed by atoms with Gasteiger partial charge in [0.25, 0.3) is 0 Å². The molecule has 0 aliphatic carbocycles. The summed E-state index contributed by atoms with van der Waals surface area (Å²) in [5.74, 6) is 1.91. The van der Waals surface area contributed by atoms with Gasteiger partial charge in [-0.05, 0) is 46.5 Å². The van der Waals surface area contributed by atoms with Gasteiger partial charge in [0, 0.05) is 33.2 Å². The van der Waals surface area contributed by atoms with Gasteiger partial charge in [0.05, 0.1) is 11.0 Å². The molecule has 49 heavy (non-hydrogen) atoms. The Morgan fingerprint density at radius 1 is 0.286 bits per heavy atom. The van der Waals surface area contributed by atoms with Crippen LogP contribution in [0.4, 0.5) is 0 Å². The van der Waals surface area contributed by atoms with Crippen molar-refractivity contribution < 1.29 is 0 Å². The van der Waals surface area contributed by atoms with Crippen molar-refractivity contribution in [1.82, 2.24) is 19.5 Å². The van der Waals surface area contributed by atoms with Crippen LogP contribution in [0.3, 0.4) is 0 Å². The molecule has 0 spiro atoms. The van der Waals surface area contributed by atoms with Gasteiger partial charge in [-0.2, -0.15) is 0 Å². The molecule has 0 aliphatic rings. The van der Waals surface area contributed by atoms with Crippen molar-refractivity contribution in [2.45, 2.75) is 0 Å². The molecule has 0 saturated carbocycles. The first-order chi connectivity index (χ1) is 24.3. The molecule has 2 heterocycles. The molecule has 0 amide bonds. The first-order valence-electron chi connectivity index (χ1n) is 16.5. The number of aromatic nitrogens is 4. The number of fused-ring (bicyclic) bond motifs is 3. The molecule has 9 aromatic rings. The molecule has 0 saturated heterocycles. The zero-order valence-corrected chi connectivity index (χ0v) is 26.6. The van der Waals surface area contributed by atoms with E-state index in [1.54, 1.807) is 0 Å². The molecule has 0 radical (unpaired) electrons. The molecular formula is C45H30N4. The Labute approximate surface area is 284 Å². The van der Waals surface area contributed by atoms with Crippen molar-refractivity contribution in [2.24, 2.45) is 0 Å². The summed E-state index contributed by atoms with van der Waals surface area (Å²) >= 11 is 0. The van der Waals surface area contributed by atoms with Gasteiger partial charge >= 0.3 is 0 Å². The van der Waals surface area contributed by atoms with E-state index in [2.05, 4.69) is 150 Å². The second-order valence-corrected chi connectivity index (χ2v) is 12.1. The van der Waals surface area contributed by atoms with Crippen molar-refractivity contribution in [3.05, 3.63) is 182 Å². The highest BCUT2D eigenvalue weighted by Crippen LogP contribution is 2.36. The number of hydrogen-bond acceptors (Lipinski definition) is 3. The van der Waals surface area contributed by atoms with Crippen LogP contribution in [0.25, 0.3) is 83.9 Å². The molecule has 2 aromatic heterocycles. The highest BCUT2D eigenvalue weighted by atomic mass is 15.0. The van der Waals surface area contributed by atoms with Gasteiger partial charge in [-0.1, -0.05) is 158 Å². The number of para-hydroxylation sites is 1. The monoisotopic (exact) mass is 626 g/mol. The van der Waals surface area contributed by atoms with Crippen molar-refractivity contribution >= 4 is 21.8 Å². The maximum atomic E-state index is 5.09. The van der Waals surface area contributed by atoms with Crippen molar-refractivity contribution in [3.8, 4) is 62.1 Å². The molecule has 0 N–H and O–H groups in total. The first-order valence-corrected chi connectivity index (χ1v) is 16.5. The Morgan fingerprint density at radius 3 is 1.41 bits per heavy atom. The maximum Gasteiger partial charge on any atom is 0.164 e. The fourth-order valence-corrected chi connectivity index (χ4v) is 6.64. The average molecular weight is 627 g/mol. The van der Waals surface area contributed by atoms with Crippen molar-refractivity contribution in [2.75, 3.05) is 0 Å². The van der Waals surface area contributed by atoms with Gasteiger partial charge in [-0.3, -0.25) is 0 Å². The predicted molar refractivity (Wildman–Crippen MR) is 201 cm³/mol.